The average Bonchev–Trinajstić information content (AvgIpc) is 2.46. The second-order valence-corrected chi connectivity index (χ2v) is 5.97. The number of nitrogens with zero attached hydrogens (tertiary/aromatic N) is 1. The van der Waals surface area contributed by atoms with Crippen LogP contribution in [0, 0.1) is 11.3 Å². The van der Waals surface area contributed by atoms with Crippen molar-refractivity contribution < 1.29 is 14.7 Å². The molecule has 1 fully saturated rings. The Morgan fingerprint density at radius 1 is 1.53 bits per heavy atom. The summed E-state index contributed by atoms with van der Waals surface area (Å²) in [7, 11) is 0. The van der Waals surface area contributed by atoms with Crippen LogP contribution in [0.15, 0.2) is 0 Å². The predicted molar refractivity (Wildman–Crippen MR) is 65.6 cm³/mol. The molecule has 2 atom stereocenters. The molecule has 98 valence electrons. The molecule has 0 aliphatic heterocycles. The van der Waals surface area contributed by atoms with E-state index in [-0.39, 0.29) is 11.3 Å². The van der Waals surface area contributed by atoms with Gasteiger partial charge >= 0.3 is 5.97 Å². The summed E-state index contributed by atoms with van der Waals surface area (Å²) in [5.41, 5.74) is -1.03. The number of hydrogen-bond donors (Lipinski definition) is 1. The topological polar surface area (TPSA) is 57.6 Å². The molecular formula is C13H23NO3. The number of carbonyl (C=O) groups is 2. The molecule has 0 aromatic carbocycles. The van der Waals surface area contributed by atoms with Crippen molar-refractivity contribution in [2.45, 2.75) is 52.5 Å². The molecule has 1 saturated carbocycles. The summed E-state index contributed by atoms with van der Waals surface area (Å²) < 4.78 is 0. The summed E-state index contributed by atoms with van der Waals surface area (Å²) in [6, 6.07) is 0. The van der Waals surface area contributed by atoms with Crippen LogP contribution < -0.4 is 0 Å². The van der Waals surface area contributed by atoms with E-state index in [2.05, 4.69) is 13.8 Å². The molecule has 1 aliphatic carbocycles. The van der Waals surface area contributed by atoms with Gasteiger partial charge in [0.05, 0.1) is 0 Å². The molecule has 4 nitrogen and oxygen atoms in total. The molecule has 1 aliphatic rings. The summed E-state index contributed by atoms with van der Waals surface area (Å²) >= 11 is 0. The first-order valence-electron chi connectivity index (χ1n) is 6.25. The van der Waals surface area contributed by atoms with Gasteiger partial charge in [0, 0.05) is 6.54 Å². The highest BCUT2D eigenvalue weighted by atomic mass is 16.4. The zero-order valence-electron chi connectivity index (χ0n) is 11.2. The molecule has 0 heterocycles. The Morgan fingerprint density at radius 3 is 2.41 bits per heavy atom. The fourth-order valence-corrected chi connectivity index (χ4v) is 3.35. The van der Waals surface area contributed by atoms with Crippen molar-refractivity contribution in [2.24, 2.45) is 11.3 Å². The molecule has 0 aromatic rings. The van der Waals surface area contributed by atoms with Crippen molar-refractivity contribution in [1.29, 1.82) is 0 Å². The van der Waals surface area contributed by atoms with Crippen LogP contribution in [0.5, 0.6) is 0 Å². The average molecular weight is 241 g/mol. The molecule has 0 radical (unpaired) electrons. The minimum atomic E-state index is -1.01. The van der Waals surface area contributed by atoms with Crippen LogP contribution in [-0.2, 0) is 9.59 Å². The third kappa shape index (κ3) is 2.31. The van der Waals surface area contributed by atoms with Crippen molar-refractivity contribution >= 4 is 12.4 Å². The van der Waals surface area contributed by atoms with Gasteiger partial charge in [-0.3, -0.25) is 4.79 Å². The van der Waals surface area contributed by atoms with Gasteiger partial charge in [-0.25, -0.2) is 4.79 Å². The summed E-state index contributed by atoms with van der Waals surface area (Å²) in [4.78, 5) is 24.4. The lowest BCUT2D eigenvalue weighted by Crippen LogP contribution is -2.56. The quantitative estimate of drug-likeness (QED) is 0.750. The first kappa shape index (κ1) is 14.0. The number of amides is 1. The summed E-state index contributed by atoms with van der Waals surface area (Å²) in [6.45, 7) is 8.55. The number of carboxylic acids is 1. The Balaban J connectivity index is 3.14. The van der Waals surface area contributed by atoms with E-state index in [0.29, 0.717) is 19.4 Å². The lowest BCUT2D eigenvalue weighted by molar-refractivity contribution is -0.158. The third-order valence-corrected chi connectivity index (χ3v) is 3.90. The van der Waals surface area contributed by atoms with Gasteiger partial charge in [-0.15, -0.1) is 0 Å². The highest BCUT2D eigenvalue weighted by molar-refractivity contribution is 5.82. The Labute approximate surface area is 103 Å². The van der Waals surface area contributed by atoms with Crippen LogP contribution in [0.1, 0.15) is 47.0 Å². The first-order valence-corrected chi connectivity index (χ1v) is 6.25. The number of hydrogen-bond acceptors (Lipinski definition) is 2. The van der Waals surface area contributed by atoms with E-state index in [1.54, 1.807) is 0 Å². The van der Waals surface area contributed by atoms with E-state index < -0.39 is 11.5 Å². The standard InChI is InChI=1S/C13H23NO3/c1-5-6-14(9-15)13(11(16)17)8-12(3,4)7-10(13)2/h9-10H,5-8H2,1-4H3,(H,16,17). The smallest absolute Gasteiger partial charge is 0.329 e. The van der Waals surface area contributed by atoms with E-state index in [4.69, 9.17) is 0 Å². The maximum absolute atomic E-state index is 11.7. The molecule has 0 saturated heterocycles. The zero-order valence-corrected chi connectivity index (χ0v) is 11.2. The van der Waals surface area contributed by atoms with Crippen molar-refractivity contribution in [2.75, 3.05) is 6.54 Å². The molecule has 0 bridgehead atoms. The molecule has 1 amide bonds. The monoisotopic (exact) mass is 241 g/mol. The van der Waals surface area contributed by atoms with E-state index in [1.165, 1.54) is 4.90 Å². The lowest BCUT2D eigenvalue weighted by atomic mass is 9.85. The number of rotatable bonds is 5. The normalized spacial score (nSPS) is 31.2. The van der Waals surface area contributed by atoms with Gasteiger partial charge in [-0.2, -0.15) is 0 Å². The Bertz CT molecular complexity index is 314. The maximum atomic E-state index is 11.7. The van der Waals surface area contributed by atoms with E-state index in [9.17, 15) is 14.7 Å². The highest BCUT2D eigenvalue weighted by Crippen LogP contribution is 2.50. The van der Waals surface area contributed by atoms with Crippen LogP contribution in [-0.4, -0.2) is 34.5 Å². The summed E-state index contributed by atoms with van der Waals surface area (Å²) in [5.74, 6) is -0.872. The molecule has 4 heteroatoms. The van der Waals surface area contributed by atoms with Crippen LogP contribution >= 0.6 is 0 Å². The molecule has 0 aromatic heterocycles. The lowest BCUT2D eigenvalue weighted by Gasteiger charge is -2.39. The van der Waals surface area contributed by atoms with Crippen LogP contribution in [0.3, 0.4) is 0 Å². The molecule has 0 spiro atoms. The number of carboxylic acid groups (broad SMARTS) is 1. The van der Waals surface area contributed by atoms with Gasteiger partial charge < -0.3 is 10.0 Å². The van der Waals surface area contributed by atoms with Gasteiger partial charge in [0.1, 0.15) is 5.54 Å². The first-order chi connectivity index (χ1) is 7.80. The summed E-state index contributed by atoms with van der Waals surface area (Å²) in [6.07, 6.45) is 2.86. The Morgan fingerprint density at radius 2 is 2.12 bits per heavy atom. The predicted octanol–water partition coefficient (Wildman–Crippen LogP) is 2.13. The SMILES string of the molecule is CCCN(C=O)C1(C(=O)O)CC(C)(C)CC1C. The van der Waals surface area contributed by atoms with Crippen molar-refractivity contribution in [3.8, 4) is 0 Å². The van der Waals surface area contributed by atoms with Crippen molar-refractivity contribution in [1.82, 2.24) is 4.90 Å². The second-order valence-electron chi connectivity index (χ2n) is 5.97. The summed E-state index contributed by atoms with van der Waals surface area (Å²) in [5, 5.41) is 9.59. The Kier molecular flexibility index (Phi) is 3.84. The van der Waals surface area contributed by atoms with E-state index >= 15 is 0 Å². The van der Waals surface area contributed by atoms with Crippen LogP contribution in [0.2, 0.25) is 0 Å². The fourth-order valence-electron chi connectivity index (χ4n) is 3.35. The third-order valence-electron chi connectivity index (χ3n) is 3.90. The molecule has 1 rings (SSSR count). The van der Waals surface area contributed by atoms with Crippen molar-refractivity contribution in [3.63, 3.8) is 0 Å². The Hall–Kier alpha value is -1.06. The largest absolute Gasteiger partial charge is 0.479 e. The van der Waals surface area contributed by atoms with E-state index in [1.807, 2.05) is 13.8 Å². The molecule has 17 heavy (non-hydrogen) atoms. The fraction of sp³-hybridized carbons (Fsp3) is 0.846. The molecule has 2 unspecified atom stereocenters. The minimum absolute atomic E-state index is 0.00764. The molecule has 1 N–H and O–H groups in total. The second kappa shape index (κ2) is 4.67. The number of aliphatic carboxylic acids is 1. The maximum Gasteiger partial charge on any atom is 0.329 e. The van der Waals surface area contributed by atoms with Gasteiger partial charge in [-0.05, 0) is 30.6 Å². The highest BCUT2D eigenvalue weighted by Gasteiger charge is 2.57. The van der Waals surface area contributed by atoms with E-state index in [0.717, 1.165) is 12.8 Å². The van der Waals surface area contributed by atoms with Gasteiger partial charge in [0.15, 0.2) is 0 Å². The minimum Gasteiger partial charge on any atom is -0.479 e. The van der Waals surface area contributed by atoms with Crippen LogP contribution in [0.25, 0.3) is 0 Å². The van der Waals surface area contributed by atoms with Crippen molar-refractivity contribution in [3.05, 3.63) is 0 Å². The van der Waals surface area contributed by atoms with Gasteiger partial charge in [0.25, 0.3) is 0 Å². The zero-order chi connectivity index (χ0) is 13.3. The van der Waals surface area contributed by atoms with Gasteiger partial charge in [-0.1, -0.05) is 27.7 Å². The molecular weight excluding hydrogens is 218 g/mol. The van der Waals surface area contributed by atoms with Gasteiger partial charge in [0.2, 0.25) is 6.41 Å². The number of carbonyl (C=O) groups excluding carboxylic acids is 1. The van der Waals surface area contributed by atoms with Crippen LogP contribution in [0.4, 0.5) is 0 Å².